The molecule has 3 N–H and O–H groups in total. The minimum Gasteiger partial charge on any atom is -0.388 e. The normalized spacial score (nSPS) is 14.8. The van der Waals surface area contributed by atoms with Crippen LogP contribution in [0, 0.1) is 0 Å². The Hall–Kier alpha value is -0.980. The first-order valence-electron chi connectivity index (χ1n) is 4.10. The molecule has 0 saturated heterocycles. The standard InChI is InChI=1S/C8H12N2O3S/c1-5(11)9-2-7(12)8(13)6-3-14-4-10-6/h3-4,7-8,12-13H,2H2,1H3,(H,9,11). The second-order valence-electron chi connectivity index (χ2n) is 2.86. The minimum atomic E-state index is -1.05. The number of aliphatic hydroxyl groups excluding tert-OH is 2. The van der Waals surface area contributed by atoms with Crippen molar-refractivity contribution >= 4 is 17.2 Å². The van der Waals surface area contributed by atoms with Crippen molar-refractivity contribution in [1.29, 1.82) is 0 Å². The number of aliphatic hydroxyl groups is 2. The Morgan fingerprint density at radius 1 is 1.71 bits per heavy atom. The number of thiazole rings is 1. The fraction of sp³-hybridized carbons (Fsp3) is 0.500. The smallest absolute Gasteiger partial charge is 0.216 e. The fourth-order valence-corrected chi connectivity index (χ4v) is 1.51. The van der Waals surface area contributed by atoms with Crippen LogP contribution in [0.4, 0.5) is 0 Å². The first-order valence-corrected chi connectivity index (χ1v) is 5.04. The molecule has 0 bridgehead atoms. The maximum Gasteiger partial charge on any atom is 0.216 e. The van der Waals surface area contributed by atoms with Gasteiger partial charge in [0, 0.05) is 18.8 Å². The lowest BCUT2D eigenvalue weighted by Crippen LogP contribution is -2.34. The maximum atomic E-state index is 10.5. The van der Waals surface area contributed by atoms with Crippen molar-refractivity contribution in [3.63, 3.8) is 0 Å². The van der Waals surface area contributed by atoms with Gasteiger partial charge in [0.15, 0.2) is 0 Å². The maximum absolute atomic E-state index is 10.5. The van der Waals surface area contributed by atoms with E-state index in [4.69, 9.17) is 0 Å². The van der Waals surface area contributed by atoms with Crippen LogP contribution in [0.3, 0.4) is 0 Å². The van der Waals surface area contributed by atoms with Crippen LogP contribution in [-0.2, 0) is 4.79 Å². The predicted molar refractivity (Wildman–Crippen MR) is 51.8 cm³/mol. The highest BCUT2D eigenvalue weighted by molar-refractivity contribution is 7.07. The highest BCUT2D eigenvalue weighted by atomic mass is 32.1. The summed E-state index contributed by atoms with van der Waals surface area (Å²) in [4.78, 5) is 14.4. The van der Waals surface area contributed by atoms with E-state index in [1.807, 2.05) is 0 Å². The zero-order valence-electron chi connectivity index (χ0n) is 7.67. The molecule has 6 heteroatoms. The molecule has 0 fully saturated rings. The molecule has 1 rings (SSSR count). The van der Waals surface area contributed by atoms with Crippen molar-refractivity contribution in [2.45, 2.75) is 19.1 Å². The van der Waals surface area contributed by atoms with Gasteiger partial charge in [0.2, 0.25) is 5.91 Å². The molecule has 78 valence electrons. The third kappa shape index (κ3) is 3.06. The summed E-state index contributed by atoms with van der Waals surface area (Å²) in [6, 6.07) is 0. The van der Waals surface area contributed by atoms with Gasteiger partial charge < -0.3 is 15.5 Å². The zero-order chi connectivity index (χ0) is 10.6. The second-order valence-corrected chi connectivity index (χ2v) is 3.58. The van der Waals surface area contributed by atoms with E-state index in [1.54, 1.807) is 10.9 Å². The van der Waals surface area contributed by atoms with Crippen LogP contribution in [0.15, 0.2) is 10.9 Å². The summed E-state index contributed by atoms with van der Waals surface area (Å²) < 4.78 is 0. The van der Waals surface area contributed by atoms with Crippen LogP contribution in [0.5, 0.6) is 0 Å². The number of hydrogen-bond donors (Lipinski definition) is 3. The van der Waals surface area contributed by atoms with Crippen molar-refractivity contribution in [3.05, 3.63) is 16.6 Å². The van der Waals surface area contributed by atoms with Gasteiger partial charge in [0.05, 0.1) is 11.2 Å². The van der Waals surface area contributed by atoms with Gasteiger partial charge in [-0.1, -0.05) is 0 Å². The van der Waals surface area contributed by atoms with E-state index in [1.165, 1.54) is 18.3 Å². The van der Waals surface area contributed by atoms with Crippen LogP contribution in [-0.4, -0.2) is 33.8 Å². The van der Waals surface area contributed by atoms with Gasteiger partial charge in [-0.25, -0.2) is 4.98 Å². The van der Waals surface area contributed by atoms with E-state index in [-0.39, 0.29) is 12.5 Å². The van der Waals surface area contributed by atoms with Gasteiger partial charge in [0.1, 0.15) is 12.2 Å². The largest absolute Gasteiger partial charge is 0.388 e. The Morgan fingerprint density at radius 3 is 2.93 bits per heavy atom. The summed E-state index contributed by atoms with van der Waals surface area (Å²) >= 11 is 1.34. The Balaban J connectivity index is 2.44. The Kier molecular flexibility index (Phi) is 3.99. The number of hydrogen-bond acceptors (Lipinski definition) is 5. The highest BCUT2D eigenvalue weighted by Gasteiger charge is 2.19. The lowest BCUT2D eigenvalue weighted by molar-refractivity contribution is -0.119. The number of rotatable bonds is 4. The van der Waals surface area contributed by atoms with Crippen LogP contribution in [0.25, 0.3) is 0 Å². The predicted octanol–water partition coefficient (Wildman–Crippen LogP) is -0.327. The number of amides is 1. The molecule has 5 nitrogen and oxygen atoms in total. The Labute approximate surface area is 85.4 Å². The molecule has 2 atom stereocenters. The van der Waals surface area contributed by atoms with Crippen LogP contribution in [0.1, 0.15) is 18.7 Å². The molecular formula is C8H12N2O3S. The zero-order valence-corrected chi connectivity index (χ0v) is 8.49. The monoisotopic (exact) mass is 216 g/mol. The van der Waals surface area contributed by atoms with Gasteiger partial charge in [-0.2, -0.15) is 0 Å². The Bertz CT molecular complexity index is 289. The summed E-state index contributed by atoms with van der Waals surface area (Å²) in [6.45, 7) is 1.37. The van der Waals surface area contributed by atoms with Gasteiger partial charge in [-0.05, 0) is 0 Å². The first kappa shape index (κ1) is 11.1. The molecular weight excluding hydrogens is 204 g/mol. The molecule has 0 aromatic carbocycles. The molecule has 1 heterocycles. The number of carbonyl (C=O) groups is 1. The van der Waals surface area contributed by atoms with Crippen LogP contribution >= 0.6 is 11.3 Å². The molecule has 0 radical (unpaired) electrons. The van der Waals surface area contributed by atoms with Gasteiger partial charge >= 0.3 is 0 Å². The molecule has 0 aliphatic rings. The summed E-state index contributed by atoms with van der Waals surface area (Å²) in [6.07, 6.45) is -2.07. The molecule has 2 unspecified atom stereocenters. The van der Waals surface area contributed by atoms with E-state index in [9.17, 15) is 15.0 Å². The van der Waals surface area contributed by atoms with Crippen molar-refractivity contribution in [2.24, 2.45) is 0 Å². The minimum absolute atomic E-state index is 0.0219. The van der Waals surface area contributed by atoms with Crippen molar-refractivity contribution in [1.82, 2.24) is 10.3 Å². The molecule has 0 aliphatic carbocycles. The molecule has 14 heavy (non-hydrogen) atoms. The Morgan fingerprint density at radius 2 is 2.43 bits per heavy atom. The second kappa shape index (κ2) is 5.04. The molecule has 0 saturated carbocycles. The quantitative estimate of drug-likeness (QED) is 0.644. The summed E-state index contributed by atoms with van der Waals surface area (Å²) in [5, 5.41) is 23.0. The van der Waals surface area contributed by atoms with Gasteiger partial charge in [0.25, 0.3) is 0 Å². The molecule has 1 aromatic heterocycles. The lowest BCUT2D eigenvalue weighted by atomic mass is 10.1. The lowest BCUT2D eigenvalue weighted by Gasteiger charge is -2.15. The van der Waals surface area contributed by atoms with Crippen molar-refractivity contribution in [2.75, 3.05) is 6.54 Å². The number of aromatic nitrogens is 1. The third-order valence-electron chi connectivity index (χ3n) is 1.68. The van der Waals surface area contributed by atoms with Gasteiger partial charge in [-0.15, -0.1) is 11.3 Å². The number of nitrogens with one attached hydrogen (secondary N) is 1. The SMILES string of the molecule is CC(=O)NCC(O)C(O)c1cscn1. The third-order valence-corrected chi connectivity index (χ3v) is 2.28. The molecule has 0 spiro atoms. The van der Waals surface area contributed by atoms with E-state index in [0.29, 0.717) is 5.69 Å². The molecule has 1 amide bonds. The van der Waals surface area contributed by atoms with E-state index < -0.39 is 12.2 Å². The topological polar surface area (TPSA) is 82.5 Å². The summed E-state index contributed by atoms with van der Waals surface area (Å²) in [5.41, 5.74) is 2.00. The average Bonchev–Trinajstić information content (AvgIpc) is 2.65. The van der Waals surface area contributed by atoms with E-state index in [2.05, 4.69) is 10.3 Å². The summed E-state index contributed by atoms with van der Waals surface area (Å²) in [5.74, 6) is -0.241. The average molecular weight is 216 g/mol. The number of nitrogens with zero attached hydrogens (tertiary/aromatic N) is 1. The van der Waals surface area contributed by atoms with Crippen molar-refractivity contribution < 1.29 is 15.0 Å². The van der Waals surface area contributed by atoms with Crippen LogP contribution in [0.2, 0.25) is 0 Å². The van der Waals surface area contributed by atoms with Crippen molar-refractivity contribution in [3.8, 4) is 0 Å². The first-order chi connectivity index (χ1) is 6.61. The highest BCUT2D eigenvalue weighted by Crippen LogP contribution is 2.15. The number of carbonyl (C=O) groups excluding carboxylic acids is 1. The fourth-order valence-electron chi connectivity index (χ4n) is 0.925. The molecule has 0 aliphatic heterocycles. The van der Waals surface area contributed by atoms with E-state index in [0.717, 1.165) is 0 Å². The molecule has 1 aromatic rings. The van der Waals surface area contributed by atoms with E-state index >= 15 is 0 Å². The summed E-state index contributed by atoms with van der Waals surface area (Å²) in [7, 11) is 0. The van der Waals surface area contributed by atoms with Gasteiger partial charge in [-0.3, -0.25) is 4.79 Å². The van der Waals surface area contributed by atoms with Crippen LogP contribution < -0.4 is 5.32 Å².